The molecule has 11 heteroatoms. The molecule has 8 atom stereocenters. The molecule has 6 N–H and O–H groups in total. The Hall–Kier alpha value is -2.64. The number of unbranched alkanes of at least 4 members (excludes halogenated alkanes) is 36. The molecular formula is C70H127NO10. The number of nitrogens with one attached hydrogen (secondary N) is 1. The van der Waals surface area contributed by atoms with Crippen molar-refractivity contribution < 1.29 is 49.3 Å². The van der Waals surface area contributed by atoms with Crippen LogP contribution in [0.4, 0.5) is 0 Å². The van der Waals surface area contributed by atoms with Crippen molar-refractivity contribution in [2.75, 3.05) is 13.2 Å². The lowest BCUT2D eigenvalue weighted by molar-refractivity contribution is -0.305. The summed E-state index contributed by atoms with van der Waals surface area (Å²) in [4.78, 5) is 26.6. The van der Waals surface area contributed by atoms with Crippen molar-refractivity contribution in [2.45, 2.75) is 359 Å². The average Bonchev–Trinajstić information content (AvgIpc) is 3.47. The number of ether oxygens (including phenoxy) is 3. The molecule has 1 rings (SSSR count). The highest BCUT2D eigenvalue weighted by atomic mass is 16.7. The normalized spacial score (nSPS) is 19.0. The van der Waals surface area contributed by atoms with Gasteiger partial charge in [-0.3, -0.25) is 9.59 Å². The van der Waals surface area contributed by atoms with Crippen LogP contribution in [0.3, 0.4) is 0 Å². The van der Waals surface area contributed by atoms with Crippen molar-refractivity contribution >= 4 is 11.9 Å². The summed E-state index contributed by atoms with van der Waals surface area (Å²) >= 11 is 0. The summed E-state index contributed by atoms with van der Waals surface area (Å²) in [7, 11) is 0. The van der Waals surface area contributed by atoms with Gasteiger partial charge in [0.15, 0.2) is 12.4 Å². The van der Waals surface area contributed by atoms with E-state index in [1.165, 1.54) is 199 Å². The first kappa shape index (κ1) is 76.4. The highest BCUT2D eigenvalue weighted by Crippen LogP contribution is 2.26. The van der Waals surface area contributed by atoms with E-state index in [1.54, 1.807) is 6.08 Å². The summed E-state index contributed by atoms with van der Waals surface area (Å²) in [6.45, 7) is 5.76. The molecule has 0 bridgehead atoms. The second-order valence-corrected chi connectivity index (χ2v) is 23.6. The van der Waals surface area contributed by atoms with Crippen molar-refractivity contribution in [3.63, 3.8) is 0 Å². The number of esters is 1. The molecule has 472 valence electrons. The zero-order valence-corrected chi connectivity index (χ0v) is 52.4. The van der Waals surface area contributed by atoms with E-state index < -0.39 is 67.4 Å². The molecule has 1 aliphatic heterocycles. The Morgan fingerprint density at radius 3 is 1.30 bits per heavy atom. The van der Waals surface area contributed by atoms with Gasteiger partial charge in [0.25, 0.3) is 0 Å². The molecule has 11 nitrogen and oxygen atoms in total. The first-order valence-electron chi connectivity index (χ1n) is 34.1. The van der Waals surface area contributed by atoms with Crippen LogP contribution >= 0.6 is 0 Å². The highest BCUT2D eigenvalue weighted by Gasteiger charge is 2.47. The van der Waals surface area contributed by atoms with E-state index in [0.717, 1.165) is 64.2 Å². The number of aliphatic hydroxyl groups excluding tert-OH is 5. The lowest BCUT2D eigenvalue weighted by atomic mass is 9.99. The van der Waals surface area contributed by atoms with Gasteiger partial charge in [0, 0.05) is 6.42 Å². The molecule has 0 radical (unpaired) electrons. The number of allylic oxidation sites excluding steroid dienone is 9. The van der Waals surface area contributed by atoms with E-state index in [0.29, 0.717) is 12.8 Å². The van der Waals surface area contributed by atoms with Gasteiger partial charge < -0.3 is 45.1 Å². The molecule has 1 fully saturated rings. The Balaban J connectivity index is 2.63. The number of aliphatic hydroxyl groups is 5. The molecule has 1 saturated heterocycles. The number of carbonyl (C=O) groups is 2. The van der Waals surface area contributed by atoms with Gasteiger partial charge in [0.1, 0.15) is 24.4 Å². The van der Waals surface area contributed by atoms with Crippen LogP contribution in [0.25, 0.3) is 0 Å². The minimum atomic E-state index is -1.62. The van der Waals surface area contributed by atoms with Crippen molar-refractivity contribution in [2.24, 2.45) is 0 Å². The molecule has 0 saturated carbocycles. The molecule has 8 unspecified atom stereocenters. The van der Waals surface area contributed by atoms with Crippen LogP contribution in [0.2, 0.25) is 0 Å². The summed E-state index contributed by atoms with van der Waals surface area (Å²) in [5.41, 5.74) is 0. The van der Waals surface area contributed by atoms with Crippen LogP contribution in [-0.2, 0) is 23.8 Å². The van der Waals surface area contributed by atoms with Crippen molar-refractivity contribution in [1.29, 1.82) is 0 Å². The van der Waals surface area contributed by atoms with Gasteiger partial charge in [-0.05, 0) is 64.2 Å². The Morgan fingerprint density at radius 1 is 0.481 bits per heavy atom. The standard InChI is InChI=1S/C70H127NO10/c1-4-7-10-13-16-19-22-25-27-29-30-31-32-33-34-35-37-40-43-46-49-52-55-58-65(75)81-68-67(77)66(76)64(59-72)80-70(68)79-60-61(62(73)56-53-50-47-44-41-38-24-21-18-15-12-9-6-3)71-69(78)63(74)57-54-51-48-45-42-39-36-28-26-23-20-17-14-11-8-5-2/h17,20,26,28,39,42,48,51,53,56,61-64,66-68,70,72-74,76-77H,4-16,18-19,21-25,27,29-38,40-41,43-47,49-50,52,54-55,57-60H2,1-3H3,(H,71,78)/b20-17-,28-26-,42-39-,51-48-,56-53+. The summed E-state index contributed by atoms with van der Waals surface area (Å²) in [5.74, 6) is -1.24. The van der Waals surface area contributed by atoms with Crippen molar-refractivity contribution in [1.82, 2.24) is 5.32 Å². The second kappa shape index (κ2) is 57.8. The topological polar surface area (TPSA) is 175 Å². The smallest absolute Gasteiger partial charge is 0.306 e. The van der Waals surface area contributed by atoms with Crippen LogP contribution in [0, 0.1) is 0 Å². The quantitative estimate of drug-likeness (QED) is 0.0195. The molecule has 1 heterocycles. The molecule has 0 aromatic heterocycles. The van der Waals surface area contributed by atoms with Crippen LogP contribution in [0.5, 0.6) is 0 Å². The van der Waals surface area contributed by atoms with Gasteiger partial charge in [-0.2, -0.15) is 0 Å². The van der Waals surface area contributed by atoms with Gasteiger partial charge in [0.2, 0.25) is 5.91 Å². The maximum atomic E-state index is 13.4. The molecule has 0 aromatic rings. The molecule has 1 amide bonds. The molecule has 81 heavy (non-hydrogen) atoms. The minimum absolute atomic E-state index is 0.120. The SMILES string of the molecule is CCCCC/C=C\C/C=C\C/C=C\C/C=C\CCC(O)C(=O)NC(COC1OC(CO)C(O)C(O)C1OC(=O)CCCCCCCCCCCCCCCCCCCCCCCCC)C(O)/C=C/CCCCCCCCCCCCC. The number of hydrogen-bond donors (Lipinski definition) is 6. The minimum Gasteiger partial charge on any atom is -0.454 e. The third kappa shape index (κ3) is 45.4. The van der Waals surface area contributed by atoms with E-state index in [1.807, 2.05) is 18.2 Å². The lowest BCUT2D eigenvalue weighted by Crippen LogP contribution is -2.61. The maximum Gasteiger partial charge on any atom is 0.306 e. The van der Waals surface area contributed by atoms with Crippen LogP contribution in [0.15, 0.2) is 60.8 Å². The Labute approximate surface area is 497 Å². The predicted octanol–water partition coefficient (Wildman–Crippen LogP) is 17.0. The Morgan fingerprint density at radius 2 is 0.852 bits per heavy atom. The van der Waals surface area contributed by atoms with Gasteiger partial charge in [-0.1, -0.05) is 300 Å². The summed E-state index contributed by atoms with van der Waals surface area (Å²) in [6, 6.07) is -1.05. The molecular weight excluding hydrogens is 1010 g/mol. The predicted molar refractivity (Wildman–Crippen MR) is 338 cm³/mol. The summed E-state index contributed by atoms with van der Waals surface area (Å²) in [5, 5.41) is 57.0. The number of hydrogen-bond acceptors (Lipinski definition) is 10. The third-order valence-corrected chi connectivity index (χ3v) is 15.9. The first-order chi connectivity index (χ1) is 39.7. The zero-order valence-electron chi connectivity index (χ0n) is 52.4. The van der Waals surface area contributed by atoms with E-state index in [-0.39, 0.29) is 19.4 Å². The number of rotatable bonds is 58. The van der Waals surface area contributed by atoms with Crippen LogP contribution in [0.1, 0.15) is 310 Å². The fourth-order valence-electron chi connectivity index (χ4n) is 10.5. The Kier molecular flexibility index (Phi) is 54.5. The average molecular weight is 1140 g/mol. The van der Waals surface area contributed by atoms with Gasteiger partial charge in [-0.15, -0.1) is 0 Å². The van der Waals surface area contributed by atoms with Gasteiger partial charge >= 0.3 is 5.97 Å². The largest absolute Gasteiger partial charge is 0.454 e. The number of amides is 1. The van der Waals surface area contributed by atoms with Crippen LogP contribution in [-0.4, -0.2) is 99.6 Å². The highest BCUT2D eigenvalue weighted by molar-refractivity contribution is 5.80. The van der Waals surface area contributed by atoms with Gasteiger partial charge in [-0.25, -0.2) is 0 Å². The molecule has 0 spiro atoms. The Bertz CT molecular complexity index is 1550. The van der Waals surface area contributed by atoms with E-state index in [2.05, 4.69) is 62.5 Å². The summed E-state index contributed by atoms with van der Waals surface area (Å²) in [6.07, 6.45) is 62.7. The van der Waals surface area contributed by atoms with Gasteiger partial charge in [0.05, 0.1) is 25.4 Å². The molecule has 1 aliphatic rings. The van der Waals surface area contributed by atoms with E-state index in [4.69, 9.17) is 14.2 Å². The van der Waals surface area contributed by atoms with Crippen LogP contribution < -0.4 is 5.32 Å². The monoisotopic (exact) mass is 1140 g/mol. The molecule has 0 aromatic carbocycles. The number of carbonyl (C=O) groups excluding carboxylic acids is 2. The lowest BCUT2D eigenvalue weighted by Gasteiger charge is -2.41. The fourth-order valence-corrected chi connectivity index (χ4v) is 10.5. The summed E-state index contributed by atoms with van der Waals surface area (Å²) < 4.78 is 17.7. The maximum absolute atomic E-state index is 13.4. The zero-order chi connectivity index (χ0) is 58.9. The van der Waals surface area contributed by atoms with E-state index >= 15 is 0 Å². The first-order valence-corrected chi connectivity index (χ1v) is 34.1. The molecule has 0 aliphatic carbocycles. The second-order valence-electron chi connectivity index (χ2n) is 23.6. The third-order valence-electron chi connectivity index (χ3n) is 15.9. The van der Waals surface area contributed by atoms with Crippen molar-refractivity contribution in [3.8, 4) is 0 Å². The fraction of sp³-hybridized carbons (Fsp3) is 0.829. The van der Waals surface area contributed by atoms with E-state index in [9.17, 15) is 35.1 Å². The van der Waals surface area contributed by atoms with Crippen molar-refractivity contribution in [3.05, 3.63) is 60.8 Å².